The van der Waals surface area contributed by atoms with Crippen molar-refractivity contribution in [2.45, 2.75) is 174 Å². The third kappa shape index (κ3) is 13.5. The van der Waals surface area contributed by atoms with Crippen LogP contribution < -0.4 is 19.7 Å². The molecule has 4 aliphatic heterocycles. The minimum absolute atomic E-state index is 0.00212. The number of fused-ring (bicyclic) bond motifs is 2. The summed E-state index contributed by atoms with van der Waals surface area (Å²) in [4.78, 5) is 62.6. The third-order valence-electron chi connectivity index (χ3n) is 19.0. The van der Waals surface area contributed by atoms with Gasteiger partial charge in [-0.1, -0.05) is 43.3 Å². The van der Waals surface area contributed by atoms with Gasteiger partial charge in [0, 0.05) is 110 Å². The molecule has 3 N–H and O–H groups in total. The second-order valence-corrected chi connectivity index (χ2v) is 27.2. The molecule has 1 saturated carbocycles. The maximum absolute atomic E-state index is 17.0. The minimum atomic E-state index is -1.04. The average molecular weight is 1300 g/mol. The highest BCUT2D eigenvalue weighted by atomic mass is 19.1. The summed E-state index contributed by atoms with van der Waals surface area (Å²) in [6, 6.07) is 14.1. The van der Waals surface area contributed by atoms with Crippen molar-refractivity contribution in [1.82, 2.24) is 64.6 Å². The summed E-state index contributed by atoms with van der Waals surface area (Å²) < 4.78 is 54.0. The number of β-amino-alcohol motifs (C(OH)–C–C–N with tert-alkyl or cyclic N) is 1. The lowest BCUT2D eigenvalue weighted by atomic mass is 9.88. The SMILES string of the molecule is CCn1nccc1-c1ccc([C@H](CO)NC(=O)[C@@H]2C[C@@H](O)CN2C(=O)[C@H](C(C)C)n2cc(-c3ccc(COc4c(-c5c(C)c(F)cc6c5cnn6C5CCCCO5)c(C5CC5)cc5c(N(C)[C@H]6CCN(C(=O)OC(C)(C)C)C6)nc(OC[C@H]6CCCO6)nc45)cc3)nn2)nc1. The Hall–Kier alpha value is -8.65. The standard InChI is InChI=1S/C70H85FN14O10/c1-9-83-56(23-25-73-83)45-21-22-53(72-32-45)55(37-86)75-66(88)58-29-47(87)35-82(58)67(89)63(40(2)3)84-36-54(78-79-84)44-17-15-42(16-18-44)38-93-64-61(60-41(4)52(71)31-57-51(60)33-74-85(57)59-14-10-11-27-92-59)49(43-19-20-43)30-50-62(64)76-68(94-39-48-13-12-28-91-48)77-65(50)80(8)46-24-26-81(34-46)69(90)95-70(5,6)7/h15-18,21-23,25,30-33,36,40,43,46-48,55,58-59,63,86-87H,9-14,19-20,24,26-29,34-35,37-39H2,1-8H3,(H,75,88)/t46-,47+,48+,55-,58-,59?,63-/m0/s1. The number of pyridine rings is 1. The number of hydrogen-bond acceptors (Lipinski definition) is 18. The van der Waals surface area contributed by atoms with Gasteiger partial charge in [0.05, 0.1) is 54.2 Å². The second-order valence-electron chi connectivity index (χ2n) is 27.2. The molecule has 4 saturated heterocycles. The van der Waals surface area contributed by atoms with Crippen LogP contribution in [0.25, 0.3) is 55.4 Å². The molecule has 25 heteroatoms. The van der Waals surface area contributed by atoms with Crippen LogP contribution in [0.5, 0.6) is 11.8 Å². The van der Waals surface area contributed by atoms with Gasteiger partial charge in [0.2, 0.25) is 11.8 Å². The first-order valence-electron chi connectivity index (χ1n) is 33.5. The van der Waals surface area contributed by atoms with Crippen molar-refractivity contribution in [3.8, 4) is 45.4 Å². The highest BCUT2D eigenvalue weighted by Crippen LogP contribution is 2.54. The maximum Gasteiger partial charge on any atom is 0.410 e. The van der Waals surface area contributed by atoms with Crippen molar-refractivity contribution in [2.24, 2.45) is 5.92 Å². The quantitative estimate of drug-likeness (QED) is 0.0604. The number of hydrogen-bond donors (Lipinski definition) is 3. The number of carbonyl (C=O) groups is 3. The molecule has 24 nitrogen and oxygen atoms in total. The van der Waals surface area contributed by atoms with E-state index in [4.69, 9.17) is 38.8 Å². The zero-order valence-corrected chi connectivity index (χ0v) is 55.3. The van der Waals surface area contributed by atoms with Crippen LogP contribution in [-0.2, 0) is 37.0 Å². The molecule has 9 heterocycles. The van der Waals surface area contributed by atoms with Gasteiger partial charge in [0.1, 0.15) is 53.7 Å². The molecule has 5 aliphatic rings. The van der Waals surface area contributed by atoms with Gasteiger partial charge < -0.3 is 53.9 Å². The summed E-state index contributed by atoms with van der Waals surface area (Å²) in [5.41, 5.74) is 7.32. The summed E-state index contributed by atoms with van der Waals surface area (Å²) >= 11 is 0. The number of nitrogens with one attached hydrogen (secondary N) is 1. The van der Waals surface area contributed by atoms with Gasteiger partial charge in [-0.3, -0.25) is 19.3 Å². The molecule has 95 heavy (non-hydrogen) atoms. The number of likely N-dealkylation sites (N-methyl/N-ethyl adjacent to an activating group) is 1. The van der Waals surface area contributed by atoms with Gasteiger partial charge in [-0.05, 0) is 139 Å². The Kier molecular flexibility index (Phi) is 18.6. The van der Waals surface area contributed by atoms with E-state index < -0.39 is 54.1 Å². The first-order valence-corrected chi connectivity index (χ1v) is 33.5. The number of rotatable bonds is 21. The van der Waals surface area contributed by atoms with Gasteiger partial charge in [0.15, 0.2) is 12.0 Å². The van der Waals surface area contributed by atoms with E-state index in [1.807, 2.05) is 101 Å². The molecule has 13 rings (SSSR count). The van der Waals surface area contributed by atoms with Crippen molar-refractivity contribution in [3.05, 3.63) is 108 Å². The molecule has 7 atom stereocenters. The first kappa shape index (κ1) is 65.0. The van der Waals surface area contributed by atoms with Crippen molar-refractivity contribution in [3.63, 3.8) is 0 Å². The lowest BCUT2D eigenvalue weighted by Crippen LogP contribution is -2.50. The van der Waals surface area contributed by atoms with Crippen LogP contribution in [-0.4, -0.2) is 170 Å². The highest BCUT2D eigenvalue weighted by molar-refractivity contribution is 6.06. The fourth-order valence-corrected chi connectivity index (χ4v) is 13.8. The Labute approximate surface area is 551 Å². The summed E-state index contributed by atoms with van der Waals surface area (Å²) in [6.45, 7) is 15.7. The Morgan fingerprint density at radius 2 is 1.69 bits per heavy atom. The second kappa shape index (κ2) is 27.2. The lowest BCUT2D eigenvalue weighted by molar-refractivity contribution is -0.142. The summed E-state index contributed by atoms with van der Waals surface area (Å²) in [7, 11) is 1.99. The summed E-state index contributed by atoms with van der Waals surface area (Å²) in [5, 5.41) is 44.1. The number of carbonyl (C=O) groups excluding carboxylic acids is 3. The number of nitrogens with zero attached hydrogens (tertiary/aromatic N) is 13. The summed E-state index contributed by atoms with van der Waals surface area (Å²) in [6.07, 6.45) is 11.9. The van der Waals surface area contributed by atoms with E-state index in [-0.39, 0.29) is 68.5 Å². The Morgan fingerprint density at radius 1 is 0.895 bits per heavy atom. The van der Waals surface area contributed by atoms with Crippen molar-refractivity contribution in [2.75, 3.05) is 58.0 Å². The molecule has 502 valence electrons. The van der Waals surface area contributed by atoms with Crippen LogP contribution in [0.4, 0.5) is 15.0 Å². The Balaban J connectivity index is 0.813. The van der Waals surface area contributed by atoms with Crippen LogP contribution in [0.1, 0.15) is 146 Å². The minimum Gasteiger partial charge on any atom is -0.486 e. The number of aliphatic hydroxyl groups excluding tert-OH is 2. The van der Waals surface area contributed by atoms with E-state index >= 15 is 4.39 Å². The number of anilines is 1. The monoisotopic (exact) mass is 1300 g/mol. The molecule has 0 radical (unpaired) electrons. The smallest absolute Gasteiger partial charge is 0.410 e. The molecule has 0 spiro atoms. The molecule has 5 aromatic heterocycles. The molecular weight excluding hydrogens is 1220 g/mol. The lowest BCUT2D eigenvalue weighted by Gasteiger charge is -2.30. The molecule has 0 bridgehead atoms. The Morgan fingerprint density at radius 3 is 2.40 bits per heavy atom. The van der Waals surface area contributed by atoms with Crippen LogP contribution in [0, 0.1) is 18.7 Å². The molecule has 1 unspecified atom stereocenters. The number of likely N-dealkylation sites (tertiary alicyclic amines) is 2. The zero-order chi connectivity index (χ0) is 66.4. The van der Waals surface area contributed by atoms with E-state index in [0.717, 1.165) is 72.7 Å². The molecule has 1 aliphatic carbocycles. The third-order valence-corrected chi connectivity index (χ3v) is 19.0. The zero-order valence-electron chi connectivity index (χ0n) is 55.3. The molecule has 3 aromatic carbocycles. The fourth-order valence-electron chi connectivity index (χ4n) is 13.8. The summed E-state index contributed by atoms with van der Waals surface area (Å²) in [5.74, 6) is -0.520. The number of aryl methyl sites for hydroxylation is 1. The number of halogens is 1. The average Bonchev–Trinajstić information content (AvgIpc) is 1.71. The van der Waals surface area contributed by atoms with Crippen molar-refractivity contribution < 1.29 is 52.7 Å². The largest absolute Gasteiger partial charge is 0.486 e. The van der Waals surface area contributed by atoms with Gasteiger partial charge >= 0.3 is 12.1 Å². The topological polar surface area (TPSA) is 265 Å². The van der Waals surface area contributed by atoms with Crippen LogP contribution >= 0.6 is 0 Å². The molecule has 8 aromatic rings. The number of amides is 3. The number of aliphatic hydroxyl groups is 2. The van der Waals surface area contributed by atoms with E-state index in [1.54, 1.807) is 42.5 Å². The van der Waals surface area contributed by atoms with E-state index in [0.29, 0.717) is 101 Å². The van der Waals surface area contributed by atoms with Gasteiger partial charge in [-0.2, -0.15) is 20.2 Å². The molecule has 3 amide bonds. The Bertz CT molecular complexity index is 4100. The van der Waals surface area contributed by atoms with E-state index in [9.17, 15) is 24.6 Å². The first-order chi connectivity index (χ1) is 45.8. The highest BCUT2D eigenvalue weighted by Gasteiger charge is 2.44. The number of benzene rings is 3. The van der Waals surface area contributed by atoms with Gasteiger partial charge in [-0.25, -0.2) is 18.5 Å². The van der Waals surface area contributed by atoms with Crippen LogP contribution in [0.3, 0.4) is 0 Å². The van der Waals surface area contributed by atoms with Crippen molar-refractivity contribution in [1.29, 1.82) is 0 Å². The predicted octanol–water partition coefficient (Wildman–Crippen LogP) is 9.80. The molecular formula is C70H85FN14O10. The van der Waals surface area contributed by atoms with E-state index in [1.165, 1.54) is 9.58 Å². The fraction of sp³-hybridized carbons (Fsp3) is 0.514. The normalized spacial score (nSPS) is 20.7. The molecule has 5 fully saturated rings. The van der Waals surface area contributed by atoms with E-state index in [2.05, 4.69) is 36.7 Å². The number of ether oxygens (including phenoxy) is 5. The van der Waals surface area contributed by atoms with Gasteiger partial charge in [-0.15, -0.1) is 5.10 Å². The van der Waals surface area contributed by atoms with Gasteiger partial charge in [0.25, 0.3) is 0 Å². The van der Waals surface area contributed by atoms with Crippen molar-refractivity contribution >= 4 is 45.5 Å². The van der Waals surface area contributed by atoms with Crippen LogP contribution in [0.15, 0.2) is 79.4 Å². The van der Waals surface area contributed by atoms with Crippen LogP contribution in [0.2, 0.25) is 0 Å². The number of aromatic nitrogens is 10. The maximum atomic E-state index is 17.0. The predicted molar refractivity (Wildman–Crippen MR) is 352 cm³/mol.